The molecule has 7 nitrogen and oxygen atoms in total. The summed E-state index contributed by atoms with van der Waals surface area (Å²) in [6.45, 7) is 12.7. The number of hydrogen-bond donors (Lipinski definition) is 2. The molecule has 8 heteroatoms. The van der Waals surface area contributed by atoms with E-state index in [2.05, 4.69) is 5.32 Å². The molecule has 0 spiro atoms. The van der Waals surface area contributed by atoms with E-state index in [4.69, 9.17) is 9.47 Å². The number of fused-ring (bicyclic) bond motifs is 1. The smallest absolute Gasteiger partial charge is 0.329 e. The Morgan fingerprint density at radius 1 is 0.975 bits per heavy atom. The quantitative estimate of drug-likeness (QED) is 0.280. The Morgan fingerprint density at radius 3 is 2.30 bits per heavy atom. The van der Waals surface area contributed by atoms with Gasteiger partial charge in [0.15, 0.2) is 0 Å². The van der Waals surface area contributed by atoms with Crippen LogP contribution in [0.1, 0.15) is 73.3 Å². The number of ether oxygens (including phenoxy) is 2. The number of aliphatic hydroxyl groups is 1. The second-order valence-corrected chi connectivity index (χ2v) is 13.4. The Labute approximate surface area is 243 Å². The van der Waals surface area contributed by atoms with E-state index in [9.17, 15) is 19.5 Å². The van der Waals surface area contributed by atoms with Gasteiger partial charge in [-0.05, 0) is 70.7 Å². The molecule has 0 bridgehead atoms. The normalized spacial score (nSPS) is 14.3. The molecule has 40 heavy (non-hydrogen) atoms. The van der Waals surface area contributed by atoms with Gasteiger partial charge in [0.1, 0.15) is 18.2 Å². The number of benzene rings is 2. The van der Waals surface area contributed by atoms with Crippen LogP contribution in [-0.4, -0.2) is 58.8 Å². The van der Waals surface area contributed by atoms with Crippen LogP contribution in [0.3, 0.4) is 0 Å². The van der Waals surface area contributed by atoms with E-state index in [1.807, 2.05) is 70.2 Å². The van der Waals surface area contributed by atoms with Crippen molar-refractivity contribution in [2.24, 2.45) is 11.3 Å². The summed E-state index contributed by atoms with van der Waals surface area (Å²) < 4.78 is 10.8. The number of hydrogen-bond acceptors (Lipinski definition) is 7. The molecule has 2 rings (SSSR count). The second kappa shape index (κ2) is 15.4. The molecule has 2 aromatic rings. The van der Waals surface area contributed by atoms with Gasteiger partial charge < -0.3 is 19.9 Å². The van der Waals surface area contributed by atoms with Crippen LogP contribution in [0.2, 0.25) is 0 Å². The average Bonchev–Trinajstić information content (AvgIpc) is 2.87. The van der Waals surface area contributed by atoms with E-state index >= 15 is 0 Å². The first-order valence-corrected chi connectivity index (χ1v) is 15.3. The van der Waals surface area contributed by atoms with Gasteiger partial charge in [-0.2, -0.15) is 11.8 Å². The second-order valence-electron chi connectivity index (χ2n) is 12.3. The molecule has 3 atom stereocenters. The maximum atomic E-state index is 13.7. The lowest BCUT2D eigenvalue weighted by Gasteiger charge is -2.26. The molecule has 2 aromatic carbocycles. The third-order valence-electron chi connectivity index (χ3n) is 6.22. The van der Waals surface area contributed by atoms with Crippen molar-refractivity contribution in [3.63, 3.8) is 0 Å². The molecule has 0 aliphatic rings. The van der Waals surface area contributed by atoms with E-state index in [0.717, 1.165) is 29.2 Å². The van der Waals surface area contributed by atoms with Gasteiger partial charge in [-0.1, -0.05) is 62.2 Å². The predicted molar refractivity (Wildman–Crippen MR) is 162 cm³/mol. The first-order valence-electron chi connectivity index (χ1n) is 14.1. The molecule has 1 amide bonds. The summed E-state index contributed by atoms with van der Waals surface area (Å²) in [6, 6.07) is 13.4. The number of esters is 2. The number of aliphatic hydroxyl groups excluding tert-OH is 1. The molecule has 2 N–H and O–H groups in total. The fraction of sp³-hybridized carbons (Fsp3) is 0.594. The van der Waals surface area contributed by atoms with Crippen molar-refractivity contribution in [3.8, 4) is 0 Å². The maximum Gasteiger partial charge on any atom is 0.329 e. The zero-order chi connectivity index (χ0) is 29.9. The molecule has 0 saturated heterocycles. The Kier molecular flexibility index (Phi) is 13.0. The number of nitrogens with one attached hydrogen (secondary N) is 1. The predicted octanol–water partition coefficient (Wildman–Crippen LogP) is 5.70. The van der Waals surface area contributed by atoms with Crippen molar-refractivity contribution < 1.29 is 29.0 Å². The lowest BCUT2D eigenvalue weighted by atomic mass is 9.95. The SMILES string of the molecule is CCCC[C@H](NC(=O)[C@@H](CSCC(O)COC(=O)C(C)(C)C)Cc1cccc2ccccc12)C(=O)OC(C)(C)C. The minimum absolute atomic E-state index is 0.0962. The Hall–Kier alpha value is -2.58. The fourth-order valence-electron chi connectivity index (χ4n) is 4.07. The van der Waals surface area contributed by atoms with Crippen molar-refractivity contribution in [2.45, 2.75) is 91.9 Å². The molecule has 222 valence electrons. The van der Waals surface area contributed by atoms with Crippen LogP contribution in [0.25, 0.3) is 10.8 Å². The zero-order valence-electron chi connectivity index (χ0n) is 25.1. The summed E-state index contributed by atoms with van der Waals surface area (Å²) in [6.07, 6.45) is 1.80. The summed E-state index contributed by atoms with van der Waals surface area (Å²) in [5, 5.41) is 15.6. The molecule has 1 unspecified atom stereocenters. The van der Waals surface area contributed by atoms with Gasteiger partial charge in [0, 0.05) is 11.5 Å². The first kappa shape index (κ1) is 33.6. The molecule has 0 aliphatic carbocycles. The Morgan fingerprint density at radius 2 is 1.65 bits per heavy atom. The third kappa shape index (κ3) is 11.5. The molecule has 0 radical (unpaired) electrons. The molecular formula is C32H47NO6S. The summed E-state index contributed by atoms with van der Waals surface area (Å²) in [5.41, 5.74) is -0.255. The van der Waals surface area contributed by atoms with Crippen molar-refractivity contribution in [1.29, 1.82) is 0 Å². The van der Waals surface area contributed by atoms with Gasteiger partial charge in [0.25, 0.3) is 0 Å². The fourth-order valence-corrected chi connectivity index (χ4v) is 5.12. The van der Waals surface area contributed by atoms with Crippen LogP contribution in [0, 0.1) is 11.3 Å². The van der Waals surface area contributed by atoms with Crippen LogP contribution in [0.5, 0.6) is 0 Å². The van der Waals surface area contributed by atoms with E-state index in [1.54, 1.807) is 20.8 Å². The van der Waals surface area contributed by atoms with Crippen LogP contribution in [0.4, 0.5) is 0 Å². The van der Waals surface area contributed by atoms with Crippen LogP contribution < -0.4 is 5.32 Å². The number of carbonyl (C=O) groups is 3. The average molecular weight is 574 g/mol. The van der Waals surface area contributed by atoms with Crippen LogP contribution in [-0.2, 0) is 30.3 Å². The molecular weight excluding hydrogens is 526 g/mol. The lowest BCUT2D eigenvalue weighted by Crippen LogP contribution is -2.47. The van der Waals surface area contributed by atoms with E-state index in [-0.39, 0.29) is 18.5 Å². The van der Waals surface area contributed by atoms with E-state index in [1.165, 1.54) is 11.8 Å². The van der Waals surface area contributed by atoms with Crippen molar-refractivity contribution in [1.82, 2.24) is 5.32 Å². The number of rotatable bonds is 14. The molecule has 0 heterocycles. The monoisotopic (exact) mass is 573 g/mol. The minimum Gasteiger partial charge on any atom is -0.463 e. The van der Waals surface area contributed by atoms with Gasteiger partial charge in [0.05, 0.1) is 17.4 Å². The van der Waals surface area contributed by atoms with Gasteiger partial charge >= 0.3 is 11.9 Å². The van der Waals surface area contributed by atoms with Crippen molar-refractivity contribution in [2.75, 3.05) is 18.1 Å². The van der Waals surface area contributed by atoms with Gasteiger partial charge in [0.2, 0.25) is 5.91 Å². The van der Waals surface area contributed by atoms with Crippen LogP contribution >= 0.6 is 11.8 Å². The lowest BCUT2D eigenvalue weighted by molar-refractivity contribution is -0.159. The topological polar surface area (TPSA) is 102 Å². The summed E-state index contributed by atoms with van der Waals surface area (Å²) in [4.78, 5) is 38.6. The minimum atomic E-state index is -0.850. The van der Waals surface area contributed by atoms with Gasteiger partial charge in [-0.15, -0.1) is 0 Å². The molecule has 0 aliphatic heterocycles. The number of thioether (sulfide) groups is 1. The first-order chi connectivity index (χ1) is 18.7. The van der Waals surface area contributed by atoms with Gasteiger partial charge in [-0.25, -0.2) is 4.79 Å². The number of amides is 1. The highest BCUT2D eigenvalue weighted by Gasteiger charge is 2.30. The number of carbonyl (C=O) groups excluding carboxylic acids is 3. The van der Waals surface area contributed by atoms with E-state index in [0.29, 0.717) is 24.3 Å². The zero-order valence-corrected chi connectivity index (χ0v) is 25.9. The van der Waals surface area contributed by atoms with E-state index < -0.39 is 35.0 Å². The Balaban J connectivity index is 2.17. The highest BCUT2D eigenvalue weighted by atomic mass is 32.2. The summed E-state index contributed by atoms with van der Waals surface area (Å²) in [5.74, 6) is -0.740. The molecule has 0 fully saturated rings. The van der Waals surface area contributed by atoms with Gasteiger partial charge in [-0.3, -0.25) is 9.59 Å². The van der Waals surface area contributed by atoms with Crippen molar-refractivity contribution >= 4 is 40.4 Å². The molecule has 0 aromatic heterocycles. The van der Waals surface area contributed by atoms with Crippen LogP contribution in [0.15, 0.2) is 42.5 Å². The highest BCUT2D eigenvalue weighted by Crippen LogP contribution is 2.24. The third-order valence-corrected chi connectivity index (χ3v) is 7.48. The highest BCUT2D eigenvalue weighted by molar-refractivity contribution is 7.99. The molecule has 0 saturated carbocycles. The largest absolute Gasteiger partial charge is 0.463 e. The standard InChI is InChI=1S/C32H47NO6S/c1-8-9-17-27(29(36)39-32(5,6)7)33-28(35)24(18-23-15-12-14-22-13-10-11-16-26(22)23)20-40-21-25(34)19-38-30(37)31(2,3)4/h10-16,24-25,27,34H,8-9,17-21H2,1-7H3,(H,33,35)/t24-,25?,27+/m1/s1. The Bertz CT molecular complexity index is 1120. The van der Waals surface area contributed by atoms with Crippen molar-refractivity contribution in [3.05, 3.63) is 48.0 Å². The summed E-state index contributed by atoms with van der Waals surface area (Å²) >= 11 is 1.43. The number of unbranched alkanes of at least 4 members (excludes halogenated alkanes) is 1. The summed E-state index contributed by atoms with van der Waals surface area (Å²) in [7, 11) is 0. The maximum absolute atomic E-state index is 13.7.